The Bertz CT molecular complexity index is 1320. The van der Waals surface area contributed by atoms with E-state index in [1.165, 1.54) is 0 Å². The molecule has 5 rings (SSSR count). The molecule has 0 spiro atoms. The first kappa shape index (κ1) is 29.5. The van der Waals surface area contributed by atoms with Crippen molar-refractivity contribution in [3.05, 3.63) is 144 Å². The summed E-state index contributed by atoms with van der Waals surface area (Å²) < 4.78 is 30.9. The van der Waals surface area contributed by atoms with Gasteiger partial charge in [-0.2, -0.15) is 0 Å². The van der Waals surface area contributed by atoms with Crippen molar-refractivity contribution in [1.29, 1.82) is 0 Å². The molecule has 4 aromatic carbocycles. The number of amides is 1. The maximum Gasteiger partial charge on any atom is 0.409 e. The summed E-state index contributed by atoms with van der Waals surface area (Å²) in [4.78, 5) is 12.8. The molecule has 1 amide bonds. The third-order valence-corrected chi connectivity index (χ3v) is 7.00. The zero-order chi connectivity index (χ0) is 28.8. The Morgan fingerprint density at radius 2 is 1.12 bits per heavy atom. The molecule has 4 aromatic rings. The molecule has 218 valence electrons. The minimum atomic E-state index is -0.643. The molecule has 0 bridgehead atoms. The summed E-state index contributed by atoms with van der Waals surface area (Å²) >= 11 is 0. The summed E-state index contributed by atoms with van der Waals surface area (Å²) in [5.74, 6) is 0. The monoisotopic (exact) mass is 567 g/mol. The predicted octanol–water partition coefficient (Wildman–Crippen LogP) is 6.42. The van der Waals surface area contributed by atoms with Crippen LogP contribution in [0.1, 0.15) is 28.7 Å². The number of ether oxygens (including phenoxy) is 5. The molecule has 1 fully saturated rings. The van der Waals surface area contributed by atoms with E-state index in [0.717, 1.165) is 22.3 Å². The van der Waals surface area contributed by atoms with Gasteiger partial charge in [0.25, 0.3) is 0 Å². The van der Waals surface area contributed by atoms with Gasteiger partial charge in [-0.05, 0) is 22.3 Å². The Balaban J connectivity index is 1.28. The van der Waals surface area contributed by atoms with Crippen LogP contribution in [0.5, 0.6) is 0 Å². The van der Waals surface area contributed by atoms with Crippen molar-refractivity contribution in [3.63, 3.8) is 0 Å². The van der Waals surface area contributed by atoms with E-state index < -0.39 is 24.5 Å². The molecule has 1 N–H and O–H groups in total. The second-order valence-electron chi connectivity index (χ2n) is 10.2. The zero-order valence-electron chi connectivity index (χ0n) is 23.5. The summed E-state index contributed by atoms with van der Waals surface area (Å²) in [6.45, 7) is 1.65. The lowest BCUT2D eigenvalue weighted by Gasteiger charge is -2.41. The van der Waals surface area contributed by atoms with Crippen LogP contribution in [-0.2, 0) is 50.1 Å². The molecule has 0 aromatic heterocycles. The second-order valence-corrected chi connectivity index (χ2v) is 10.2. The van der Waals surface area contributed by atoms with E-state index in [-0.39, 0.29) is 19.3 Å². The maximum atomic E-state index is 12.8. The van der Waals surface area contributed by atoms with E-state index in [2.05, 4.69) is 5.32 Å². The average molecular weight is 568 g/mol. The molecule has 1 heterocycles. The molecule has 0 radical (unpaired) electrons. The fourth-order valence-corrected chi connectivity index (χ4v) is 4.84. The number of nitrogens with one attached hydrogen (secondary N) is 1. The normalized spacial score (nSPS) is 20.1. The Hall–Kier alpha value is -4.01. The smallest absolute Gasteiger partial charge is 0.409 e. The van der Waals surface area contributed by atoms with Gasteiger partial charge < -0.3 is 23.7 Å². The van der Waals surface area contributed by atoms with E-state index in [0.29, 0.717) is 26.2 Å². The molecule has 42 heavy (non-hydrogen) atoms. The minimum Gasteiger partial charge on any atom is -0.445 e. The van der Waals surface area contributed by atoms with E-state index in [4.69, 9.17) is 23.7 Å². The van der Waals surface area contributed by atoms with Crippen molar-refractivity contribution in [2.45, 2.75) is 57.4 Å². The third kappa shape index (κ3) is 9.26. The van der Waals surface area contributed by atoms with Crippen molar-refractivity contribution >= 4 is 6.09 Å². The van der Waals surface area contributed by atoms with Crippen LogP contribution < -0.4 is 5.32 Å². The fourth-order valence-electron chi connectivity index (χ4n) is 4.84. The van der Waals surface area contributed by atoms with Gasteiger partial charge in [0.05, 0.1) is 32.5 Å². The van der Waals surface area contributed by atoms with Crippen molar-refractivity contribution in [2.24, 2.45) is 0 Å². The van der Waals surface area contributed by atoms with Gasteiger partial charge in [-0.3, -0.25) is 5.32 Å². The van der Waals surface area contributed by atoms with Gasteiger partial charge in [0.15, 0.2) is 0 Å². The van der Waals surface area contributed by atoms with E-state index >= 15 is 0 Å². The van der Waals surface area contributed by atoms with E-state index in [1.54, 1.807) is 0 Å². The molecule has 7 nitrogen and oxygen atoms in total. The Kier molecular flexibility index (Phi) is 11.1. The number of hydrogen-bond donors (Lipinski definition) is 1. The molecular formula is C35H37NO6. The van der Waals surface area contributed by atoms with Gasteiger partial charge in [-0.1, -0.05) is 121 Å². The fraction of sp³-hybridized carbons (Fsp3) is 0.286. The number of alkyl carbamates (subject to hydrolysis) is 1. The van der Waals surface area contributed by atoms with Crippen LogP contribution in [-0.4, -0.2) is 37.2 Å². The molecule has 4 atom stereocenters. The van der Waals surface area contributed by atoms with Gasteiger partial charge in [0.2, 0.25) is 0 Å². The lowest BCUT2D eigenvalue weighted by atomic mass is 10.00. The summed E-state index contributed by atoms with van der Waals surface area (Å²) in [5, 5.41) is 2.88. The largest absolute Gasteiger partial charge is 0.445 e. The number of hydrogen-bond acceptors (Lipinski definition) is 6. The number of rotatable bonds is 13. The predicted molar refractivity (Wildman–Crippen MR) is 159 cm³/mol. The Morgan fingerprint density at radius 1 is 0.643 bits per heavy atom. The lowest BCUT2D eigenvalue weighted by molar-refractivity contribution is -0.224. The number of carbonyl (C=O) groups excluding carboxylic acids is 1. The van der Waals surface area contributed by atoms with Gasteiger partial charge in [0.1, 0.15) is 25.0 Å². The molecule has 7 heteroatoms. The Labute approximate surface area is 247 Å². The van der Waals surface area contributed by atoms with Gasteiger partial charge in [0, 0.05) is 6.42 Å². The first-order valence-electron chi connectivity index (χ1n) is 14.3. The van der Waals surface area contributed by atoms with Crippen molar-refractivity contribution in [3.8, 4) is 0 Å². The molecule has 0 unspecified atom stereocenters. The number of benzene rings is 4. The molecule has 0 saturated carbocycles. The molecule has 1 aliphatic heterocycles. The van der Waals surface area contributed by atoms with Gasteiger partial charge in [-0.25, -0.2) is 4.79 Å². The van der Waals surface area contributed by atoms with Crippen molar-refractivity contribution in [2.75, 3.05) is 6.61 Å². The number of carbonyl (C=O) groups is 1. The summed E-state index contributed by atoms with van der Waals surface area (Å²) in [7, 11) is 0. The first-order chi connectivity index (χ1) is 20.7. The highest BCUT2D eigenvalue weighted by Gasteiger charge is 2.41. The molecule has 1 saturated heterocycles. The first-order valence-corrected chi connectivity index (χ1v) is 14.3. The minimum absolute atomic E-state index is 0.166. The molecule has 1 aliphatic rings. The molecule has 0 aliphatic carbocycles. The van der Waals surface area contributed by atoms with Crippen molar-refractivity contribution in [1.82, 2.24) is 5.32 Å². The topological polar surface area (TPSA) is 75.3 Å². The van der Waals surface area contributed by atoms with Gasteiger partial charge >= 0.3 is 6.09 Å². The highest BCUT2D eigenvalue weighted by molar-refractivity contribution is 5.67. The lowest BCUT2D eigenvalue weighted by Crippen LogP contribution is -2.56. The summed E-state index contributed by atoms with van der Waals surface area (Å²) in [6, 6.07) is 39.5. The van der Waals surface area contributed by atoms with Crippen LogP contribution in [0.2, 0.25) is 0 Å². The zero-order valence-corrected chi connectivity index (χ0v) is 23.5. The highest BCUT2D eigenvalue weighted by Crippen LogP contribution is 2.27. The third-order valence-electron chi connectivity index (χ3n) is 7.00. The van der Waals surface area contributed by atoms with Crippen LogP contribution >= 0.6 is 0 Å². The average Bonchev–Trinajstić information content (AvgIpc) is 3.04. The van der Waals surface area contributed by atoms with Crippen LogP contribution in [0.4, 0.5) is 4.79 Å². The maximum absolute atomic E-state index is 12.8. The summed E-state index contributed by atoms with van der Waals surface area (Å²) in [5.41, 5.74) is 4.07. The van der Waals surface area contributed by atoms with Crippen molar-refractivity contribution < 1.29 is 28.5 Å². The van der Waals surface area contributed by atoms with Gasteiger partial charge in [-0.15, -0.1) is 0 Å². The van der Waals surface area contributed by atoms with Crippen LogP contribution in [0.3, 0.4) is 0 Å². The van der Waals surface area contributed by atoms with E-state index in [9.17, 15) is 4.79 Å². The quantitative estimate of drug-likeness (QED) is 0.201. The Morgan fingerprint density at radius 3 is 1.67 bits per heavy atom. The van der Waals surface area contributed by atoms with Crippen LogP contribution in [0.15, 0.2) is 121 Å². The standard InChI is InChI=1S/C35H37NO6/c37-35(41-25-30-19-11-4-12-20-30)36-33-21-31(39-23-28-15-7-2-8-16-28)34(40-24-29-17-9-3-10-18-29)32(42-33)26-38-22-27-13-5-1-6-14-27/h1-20,31-34H,21-26H2,(H,36,37)/t31-,32-,33-,34-/m1/s1. The second kappa shape index (κ2) is 15.8. The van der Waals surface area contributed by atoms with E-state index in [1.807, 2.05) is 121 Å². The highest BCUT2D eigenvalue weighted by atomic mass is 16.6. The SMILES string of the molecule is O=C(N[C@H]1C[C@@H](OCc2ccccc2)[C@@H](OCc2ccccc2)[C@@H](COCc2ccccc2)O1)OCc1ccccc1. The summed E-state index contributed by atoms with van der Waals surface area (Å²) in [6.07, 6.45) is -2.10. The molecular weight excluding hydrogens is 530 g/mol. The van der Waals surface area contributed by atoms with Crippen LogP contribution in [0, 0.1) is 0 Å². The van der Waals surface area contributed by atoms with Crippen LogP contribution in [0.25, 0.3) is 0 Å².